The van der Waals surface area contributed by atoms with E-state index in [4.69, 9.17) is 4.74 Å². The number of anilines is 3. The van der Waals surface area contributed by atoms with Gasteiger partial charge in [-0.25, -0.2) is 19.5 Å². The van der Waals surface area contributed by atoms with E-state index in [1.54, 1.807) is 10.8 Å². The van der Waals surface area contributed by atoms with E-state index in [9.17, 15) is 0 Å². The first-order chi connectivity index (χ1) is 17.7. The van der Waals surface area contributed by atoms with Crippen molar-refractivity contribution in [2.24, 2.45) is 0 Å². The summed E-state index contributed by atoms with van der Waals surface area (Å²) in [6, 6.07) is 16.1. The summed E-state index contributed by atoms with van der Waals surface area (Å²) in [5, 5.41) is 12.0. The molecule has 9 nitrogen and oxygen atoms in total. The van der Waals surface area contributed by atoms with Crippen LogP contribution in [-0.4, -0.2) is 50.7 Å². The second kappa shape index (κ2) is 10.6. The van der Waals surface area contributed by atoms with E-state index in [1.807, 2.05) is 51.2 Å². The van der Waals surface area contributed by atoms with Crippen LogP contribution in [0.25, 0.3) is 16.6 Å². The first-order valence-corrected chi connectivity index (χ1v) is 12.3. The Kier molecular flexibility index (Phi) is 6.90. The first kappa shape index (κ1) is 23.5. The van der Waals surface area contributed by atoms with Crippen LogP contribution in [0.4, 0.5) is 17.2 Å². The second-order valence-electron chi connectivity index (χ2n) is 8.29. The van der Waals surface area contributed by atoms with Crippen molar-refractivity contribution in [2.75, 3.05) is 36.4 Å². The maximum absolute atomic E-state index is 6.10. The van der Waals surface area contributed by atoms with Crippen LogP contribution in [0.3, 0.4) is 0 Å². The molecule has 0 atom stereocenters. The summed E-state index contributed by atoms with van der Waals surface area (Å²) in [6.07, 6.45) is 4.95. The molecule has 3 aromatic heterocycles. The second-order valence-corrected chi connectivity index (χ2v) is 8.29. The van der Waals surface area contributed by atoms with E-state index < -0.39 is 0 Å². The Balaban J connectivity index is 0.00000130. The van der Waals surface area contributed by atoms with Gasteiger partial charge in [0.1, 0.15) is 30.0 Å². The van der Waals surface area contributed by atoms with E-state index in [0.717, 1.165) is 65.5 Å². The fourth-order valence-corrected chi connectivity index (χ4v) is 4.23. The number of aromatic nitrogens is 5. The summed E-state index contributed by atoms with van der Waals surface area (Å²) in [4.78, 5) is 15.6. The predicted molar refractivity (Wildman–Crippen MR) is 143 cm³/mol. The molecule has 0 saturated carbocycles. The van der Waals surface area contributed by atoms with Gasteiger partial charge >= 0.3 is 0 Å². The highest BCUT2D eigenvalue weighted by Crippen LogP contribution is 2.31. The van der Waals surface area contributed by atoms with Crippen LogP contribution in [0.15, 0.2) is 67.4 Å². The van der Waals surface area contributed by atoms with Crippen molar-refractivity contribution >= 4 is 33.7 Å². The fraction of sp³-hybridized carbons (Fsp3) is 0.259. The van der Waals surface area contributed by atoms with E-state index in [1.165, 1.54) is 12.0 Å². The van der Waals surface area contributed by atoms with Gasteiger partial charge in [0, 0.05) is 55.2 Å². The largest absolute Gasteiger partial charge is 0.457 e. The Bertz CT molecular complexity index is 1480. The minimum absolute atomic E-state index is 0.714. The SMILES string of the molecule is CC.Cc1cc(Nc2ncnc3ccc(N4CCNCC4)cc23)ccc1Oc1ccn2ncnc2c1. The molecule has 5 aromatic rings. The van der Waals surface area contributed by atoms with E-state index in [0.29, 0.717) is 5.75 Å². The molecular formula is C27H30N8O. The molecule has 0 spiro atoms. The predicted octanol–water partition coefficient (Wildman–Crippen LogP) is 4.95. The van der Waals surface area contributed by atoms with Crippen LogP contribution < -0.4 is 20.3 Å². The number of aryl methyl sites for hydroxylation is 1. The van der Waals surface area contributed by atoms with Crippen molar-refractivity contribution in [2.45, 2.75) is 20.8 Å². The van der Waals surface area contributed by atoms with Gasteiger partial charge in [0.15, 0.2) is 5.65 Å². The molecule has 184 valence electrons. The summed E-state index contributed by atoms with van der Waals surface area (Å²) < 4.78 is 7.80. The van der Waals surface area contributed by atoms with Gasteiger partial charge in [0.05, 0.1) is 5.52 Å². The van der Waals surface area contributed by atoms with Crippen LogP contribution in [0.5, 0.6) is 11.5 Å². The lowest BCUT2D eigenvalue weighted by Crippen LogP contribution is -2.43. The normalized spacial score (nSPS) is 13.4. The lowest BCUT2D eigenvalue weighted by Gasteiger charge is -2.29. The zero-order valence-electron chi connectivity index (χ0n) is 20.8. The third kappa shape index (κ3) is 4.92. The van der Waals surface area contributed by atoms with Crippen LogP contribution in [0, 0.1) is 6.92 Å². The number of hydrogen-bond donors (Lipinski definition) is 2. The van der Waals surface area contributed by atoms with Crippen molar-refractivity contribution in [3.63, 3.8) is 0 Å². The lowest BCUT2D eigenvalue weighted by molar-refractivity contribution is 0.478. The number of nitrogens with one attached hydrogen (secondary N) is 2. The molecule has 9 heteroatoms. The number of nitrogens with zero attached hydrogens (tertiary/aromatic N) is 6. The minimum atomic E-state index is 0.714. The Morgan fingerprint density at radius 1 is 0.917 bits per heavy atom. The summed E-state index contributed by atoms with van der Waals surface area (Å²) >= 11 is 0. The number of benzene rings is 2. The Morgan fingerprint density at radius 2 is 1.78 bits per heavy atom. The van der Waals surface area contributed by atoms with Crippen molar-refractivity contribution < 1.29 is 4.74 Å². The van der Waals surface area contributed by atoms with Gasteiger partial charge in [-0.2, -0.15) is 5.10 Å². The molecular weight excluding hydrogens is 452 g/mol. The van der Waals surface area contributed by atoms with E-state index in [-0.39, 0.29) is 0 Å². The van der Waals surface area contributed by atoms with Crippen LogP contribution in [0.2, 0.25) is 0 Å². The topological polar surface area (TPSA) is 92.5 Å². The van der Waals surface area contributed by atoms with Crippen molar-refractivity contribution in [1.29, 1.82) is 0 Å². The number of hydrogen-bond acceptors (Lipinski definition) is 8. The van der Waals surface area contributed by atoms with Gasteiger partial charge < -0.3 is 20.3 Å². The molecule has 1 saturated heterocycles. The molecule has 1 fully saturated rings. The highest BCUT2D eigenvalue weighted by atomic mass is 16.5. The van der Waals surface area contributed by atoms with Crippen molar-refractivity contribution in [1.82, 2.24) is 29.9 Å². The lowest BCUT2D eigenvalue weighted by atomic mass is 10.1. The molecule has 2 N–H and O–H groups in total. The molecule has 36 heavy (non-hydrogen) atoms. The maximum Gasteiger partial charge on any atom is 0.158 e. The number of pyridine rings is 1. The highest BCUT2D eigenvalue weighted by Gasteiger charge is 2.13. The van der Waals surface area contributed by atoms with Gasteiger partial charge in [-0.1, -0.05) is 13.8 Å². The molecule has 0 amide bonds. The average molecular weight is 483 g/mol. The average Bonchev–Trinajstić information content (AvgIpc) is 3.40. The molecule has 1 aliphatic rings. The molecule has 1 aliphatic heterocycles. The smallest absolute Gasteiger partial charge is 0.158 e. The zero-order valence-corrected chi connectivity index (χ0v) is 20.8. The third-order valence-corrected chi connectivity index (χ3v) is 6.02. The summed E-state index contributed by atoms with van der Waals surface area (Å²) in [5.74, 6) is 2.28. The summed E-state index contributed by atoms with van der Waals surface area (Å²) in [7, 11) is 0. The van der Waals surface area contributed by atoms with Crippen LogP contribution in [0.1, 0.15) is 19.4 Å². The quantitative estimate of drug-likeness (QED) is 0.363. The van der Waals surface area contributed by atoms with Gasteiger partial charge in [0.25, 0.3) is 0 Å². The van der Waals surface area contributed by atoms with E-state index >= 15 is 0 Å². The molecule has 2 aromatic carbocycles. The fourth-order valence-electron chi connectivity index (χ4n) is 4.23. The summed E-state index contributed by atoms with van der Waals surface area (Å²) in [6.45, 7) is 10.00. The number of fused-ring (bicyclic) bond motifs is 2. The van der Waals surface area contributed by atoms with Crippen LogP contribution >= 0.6 is 0 Å². The molecule has 4 heterocycles. The summed E-state index contributed by atoms with van der Waals surface area (Å²) in [5.41, 5.74) is 4.79. The standard InChI is InChI=1S/C25H24N8O.C2H6/c1-17-12-18(2-5-23(17)34-20-6-9-33-24(14-20)28-16-30-33)31-25-21-13-19(32-10-7-26-8-11-32)3-4-22(21)27-15-29-25;1-2/h2-6,9,12-16,26H,7-8,10-11H2,1H3,(H,27,29,31);1-2H3. The Hall–Kier alpha value is -4.24. The maximum atomic E-state index is 6.10. The van der Waals surface area contributed by atoms with Crippen molar-refractivity contribution in [3.8, 4) is 11.5 Å². The third-order valence-electron chi connectivity index (χ3n) is 6.02. The monoisotopic (exact) mass is 482 g/mol. The Morgan fingerprint density at radius 3 is 2.61 bits per heavy atom. The van der Waals surface area contributed by atoms with E-state index in [2.05, 4.69) is 59.8 Å². The molecule has 0 aliphatic carbocycles. The minimum Gasteiger partial charge on any atom is -0.457 e. The van der Waals surface area contributed by atoms with Gasteiger partial charge in [-0.05, 0) is 55.0 Å². The van der Waals surface area contributed by atoms with Crippen molar-refractivity contribution in [3.05, 3.63) is 72.9 Å². The number of rotatable bonds is 5. The molecule has 6 rings (SSSR count). The van der Waals surface area contributed by atoms with Crippen LogP contribution in [-0.2, 0) is 0 Å². The number of ether oxygens (including phenoxy) is 1. The van der Waals surface area contributed by atoms with Gasteiger partial charge in [-0.15, -0.1) is 0 Å². The molecule has 0 unspecified atom stereocenters. The van der Waals surface area contributed by atoms with Gasteiger partial charge in [-0.3, -0.25) is 0 Å². The zero-order chi connectivity index (χ0) is 24.9. The Labute approximate surface area is 210 Å². The number of piperazine rings is 1. The first-order valence-electron chi connectivity index (χ1n) is 12.3. The van der Waals surface area contributed by atoms with Gasteiger partial charge in [0.2, 0.25) is 0 Å². The molecule has 0 radical (unpaired) electrons. The highest BCUT2D eigenvalue weighted by molar-refractivity contribution is 5.93. The molecule has 0 bridgehead atoms.